The van der Waals surface area contributed by atoms with Gasteiger partial charge in [0.2, 0.25) is 0 Å². The van der Waals surface area contributed by atoms with Crippen molar-refractivity contribution in [1.29, 1.82) is 0 Å². The number of ether oxygens (including phenoxy) is 1. The van der Waals surface area contributed by atoms with E-state index in [1.807, 2.05) is 103 Å². The first kappa shape index (κ1) is 29.1. The van der Waals surface area contributed by atoms with Gasteiger partial charge in [-0.25, -0.2) is 0 Å². The molecule has 0 radical (unpaired) electrons. The molecule has 0 bridgehead atoms. The minimum absolute atomic E-state index is 0.119. The van der Waals surface area contributed by atoms with E-state index in [1.165, 1.54) is 6.07 Å². The summed E-state index contributed by atoms with van der Waals surface area (Å²) >= 11 is 0. The second kappa shape index (κ2) is 11.5. The number of nitrogens with zero attached hydrogens (tertiary/aromatic N) is 2. The number of amides is 1. The number of aliphatic hydroxyl groups is 1. The third-order valence-electron chi connectivity index (χ3n) is 8.32. The Morgan fingerprint density at radius 2 is 1.36 bits per heavy atom. The SMILES string of the molecule is CC1(CCO)CC(=O)N1P(CC(=O)OCc1ccccc1[N+](=O)[O-])(c1ccccc1)(c1ccccc1)c1ccccc1. The van der Waals surface area contributed by atoms with Crippen molar-refractivity contribution in [2.75, 3.05) is 12.8 Å². The molecule has 42 heavy (non-hydrogen) atoms. The van der Waals surface area contributed by atoms with Crippen molar-refractivity contribution in [3.63, 3.8) is 0 Å². The number of esters is 1. The summed E-state index contributed by atoms with van der Waals surface area (Å²) in [5, 5.41) is 24.2. The molecule has 8 nitrogen and oxygen atoms in total. The molecular weight excluding hydrogens is 551 g/mol. The molecule has 1 aliphatic rings. The van der Waals surface area contributed by atoms with E-state index in [4.69, 9.17) is 4.74 Å². The van der Waals surface area contributed by atoms with E-state index in [-0.39, 0.29) is 43.0 Å². The summed E-state index contributed by atoms with van der Waals surface area (Å²) in [6, 6.07) is 35.0. The molecule has 216 valence electrons. The average molecular weight is 585 g/mol. The van der Waals surface area contributed by atoms with Crippen LogP contribution >= 0.6 is 6.75 Å². The normalized spacial score (nSPS) is 17.5. The Labute approximate surface area is 244 Å². The van der Waals surface area contributed by atoms with Gasteiger partial charge in [-0.05, 0) is 0 Å². The van der Waals surface area contributed by atoms with Gasteiger partial charge in [-0.3, -0.25) is 0 Å². The van der Waals surface area contributed by atoms with Crippen LogP contribution in [0, 0.1) is 10.1 Å². The molecule has 1 N–H and O–H groups in total. The Morgan fingerprint density at radius 3 is 1.81 bits per heavy atom. The van der Waals surface area contributed by atoms with E-state index in [9.17, 15) is 24.8 Å². The van der Waals surface area contributed by atoms with Crippen LogP contribution in [0.4, 0.5) is 5.69 Å². The number of hydrogen-bond acceptors (Lipinski definition) is 6. The molecular formula is C33H33N2O6P. The first-order chi connectivity index (χ1) is 20.3. The molecule has 1 amide bonds. The van der Waals surface area contributed by atoms with Crippen LogP contribution in [-0.2, 0) is 20.9 Å². The fourth-order valence-corrected chi connectivity index (χ4v) is 13.7. The van der Waals surface area contributed by atoms with Gasteiger partial charge in [0.1, 0.15) is 0 Å². The van der Waals surface area contributed by atoms with Gasteiger partial charge in [0.25, 0.3) is 0 Å². The summed E-state index contributed by atoms with van der Waals surface area (Å²) in [5.74, 6) is -0.708. The zero-order valence-corrected chi connectivity index (χ0v) is 24.2. The van der Waals surface area contributed by atoms with Crippen molar-refractivity contribution in [3.8, 4) is 0 Å². The fraction of sp³-hybridized carbons (Fsp3) is 0.212. The molecule has 0 spiro atoms. The zero-order chi connectivity index (χ0) is 29.8. The van der Waals surface area contributed by atoms with Crippen molar-refractivity contribution in [2.24, 2.45) is 0 Å². The van der Waals surface area contributed by atoms with Crippen LogP contribution < -0.4 is 15.9 Å². The van der Waals surface area contributed by atoms with Crippen molar-refractivity contribution >= 4 is 40.2 Å². The Morgan fingerprint density at radius 1 is 0.881 bits per heavy atom. The zero-order valence-electron chi connectivity index (χ0n) is 23.3. The molecule has 0 saturated carbocycles. The predicted octanol–water partition coefficient (Wildman–Crippen LogP) is 4.46. The number of aliphatic hydroxyl groups excluding tert-OH is 1. The van der Waals surface area contributed by atoms with E-state index in [0.717, 1.165) is 15.9 Å². The second-order valence-electron chi connectivity index (χ2n) is 10.8. The second-order valence-corrected chi connectivity index (χ2v) is 15.6. The van der Waals surface area contributed by atoms with Gasteiger partial charge >= 0.3 is 245 Å². The monoisotopic (exact) mass is 584 g/mol. The maximum absolute atomic E-state index is 14.2. The van der Waals surface area contributed by atoms with Gasteiger partial charge in [0.05, 0.1) is 0 Å². The van der Waals surface area contributed by atoms with Gasteiger partial charge < -0.3 is 0 Å². The number of para-hydroxylation sites is 1. The number of carbonyl (C=O) groups is 2. The third-order valence-corrected chi connectivity index (χ3v) is 15.0. The number of nitro groups is 1. The molecule has 4 aromatic carbocycles. The molecule has 1 unspecified atom stereocenters. The van der Waals surface area contributed by atoms with Gasteiger partial charge in [-0.2, -0.15) is 0 Å². The van der Waals surface area contributed by atoms with Gasteiger partial charge in [-0.1, -0.05) is 0 Å². The summed E-state index contributed by atoms with van der Waals surface area (Å²) in [4.78, 5) is 39.3. The molecule has 9 heteroatoms. The quantitative estimate of drug-likeness (QED) is 0.0917. The number of β-lactam (4-membered cyclic amide) rings is 1. The summed E-state index contributed by atoms with van der Waals surface area (Å²) in [6.45, 7) is -2.70. The Kier molecular flexibility index (Phi) is 7.95. The molecule has 5 rings (SSSR count). The van der Waals surface area contributed by atoms with E-state index in [1.54, 1.807) is 18.2 Å². The van der Waals surface area contributed by atoms with Gasteiger partial charge in [0.15, 0.2) is 0 Å². The molecule has 0 aromatic heterocycles. The molecule has 1 atom stereocenters. The van der Waals surface area contributed by atoms with E-state index < -0.39 is 23.2 Å². The number of nitro benzene ring substituents is 1. The van der Waals surface area contributed by atoms with Crippen molar-refractivity contribution < 1.29 is 24.4 Å². The Hall–Kier alpha value is -4.39. The average Bonchev–Trinajstić information content (AvgIpc) is 3.01. The molecule has 1 heterocycles. The van der Waals surface area contributed by atoms with Crippen molar-refractivity contribution in [1.82, 2.24) is 4.67 Å². The molecule has 1 fully saturated rings. The summed E-state index contributed by atoms with van der Waals surface area (Å²) < 4.78 is 7.74. The maximum atomic E-state index is 14.2. The van der Waals surface area contributed by atoms with E-state index in [0.29, 0.717) is 6.42 Å². The number of rotatable bonds is 11. The standard InChI is InChI=1S/C33H33N2O6P/c1-33(21-22-36)23-31(37)34(33)42(27-14-5-2-6-15-27,28-16-7-3-8-17-28,29-18-9-4-10-19-29)25-32(38)41-24-26-13-11-12-20-30(26)35(39)40/h2-20,36H,21-25H2,1H3. The molecule has 0 aliphatic carbocycles. The number of carbonyl (C=O) groups excluding carboxylic acids is 2. The minimum atomic E-state index is -4.24. The van der Waals surface area contributed by atoms with Crippen LogP contribution in [0.25, 0.3) is 0 Å². The molecule has 1 saturated heterocycles. The van der Waals surface area contributed by atoms with Crippen LogP contribution in [0.2, 0.25) is 0 Å². The van der Waals surface area contributed by atoms with Crippen LogP contribution in [0.5, 0.6) is 0 Å². The third kappa shape index (κ3) is 4.57. The van der Waals surface area contributed by atoms with Gasteiger partial charge in [-0.15, -0.1) is 0 Å². The first-order valence-electron chi connectivity index (χ1n) is 13.8. The predicted molar refractivity (Wildman–Crippen MR) is 164 cm³/mol. The van der Waals surface area contributed by atoms with Crippen LogP contribution in [0.3, 0.4) is 0 Å². The van der Waals surface area contributed by atoms with E-state index in [2.05, 4.69) is 0 Å². The Bertz CT molecular complexity index is 1500. The molecule has 1 aliphatic heterocycles. The summed E-state index contributed by atoms with van der Waals surface area (Å²) in [5.41, 5.74) is -0.602. The number of hydrogen-bond donors (Lipinski definition) is 1. The first-order valence-corrected chi connectivity index (χ1v) is 16.1. The van der Waals surface area contributed by atoms with Crippen LogP contribution in [0.15, 0.2) is 115 Å². The number of benzene rings is 4. The van der Waals surface area contributed by atoms with Crippen molar-refractivity contribution in [3.05, 3.63) is 131 Å². The van der Waals surface area contributed by atoms with Crippen LogP contribution in [-0.4, -0.2) is 44.9 Å². The van der Waals surface area contributed by atoms with E-state index >= 15 is 0 Å². The van der Waals surface area contributed by atoms with Gasteiger partial charge in [0, 0.05) is 0 Å². The Balaban J connectivity index is 1.78. The fourth-order valence-electron chi connectivity index (χ4n) is 6.55. The van der Waals surface area contributed by atoms with Crippen molar-refractivity contribution in [2.45, 2.75) is 31.9 Å². The topological polar surface area (TPSA) is 110 Å². The summed E-state index contributed by atoms with van der Waals surface area (Å²) in [7, 11) is 0. The van der Waals surface area contributed by atoms with Crippen LogP contribution in [0.1, 0.15) is 25.3 Å². The summed E-state index contributed by atoms with van der Waals surface area (Å²) in [6.07, 6.45) is 0.370. The molecule has 4 aromatic rings.